The molecule has 2 amide bonds. The number of amides is 2. The third kappa shape index (κ3) is 8.09. The van der Waals surface area contributed by atoms with Gasteiger partial charge in [0.2, 0.25) is 5.91 Å². The number of carbonyl (C=O) groups is 2. The van der Waals surface area contributed by atoms with Crippen molar-refractivity contribution in [3.8, 4) is 11.1 Å². The minimum atomic E-state index is -0.558. The number of nitrogen functional groups attached to an aromatic ring is 1. The number of benzene rings is 2. The van der Waals surface area contributed by atoms with E-state index in [9.17, 15) is 9.59 Å². The molecule has 4 N–H and O–H groups in total. The van der Waals surface area contributed by atoms with Gasteiger partial charge in [0.25, 0.3) is 0 Å². The average molecular weight is 641 g/mol. The number of ether oxygens (including phenoxy) is 3. The Kier molecular flexibility index (Phi) is 9.74. The molecule has 1 aliphatic heterocycles. The highest BCUT2D eigenvalue weighted by molar-refractivity contribution is 6.01. The van der Waals surface area contributed by atoms with Crippen molar-refractivity contribution in [2.75, 3.05) is 24.3 Å². The van der Waals surface area contributed by atoms with E-state index >= 15 is 0 Å². The number of aryl methyl sites for hydroxylation is 1. The van der Waals surface area contributed by atoms with E-state index in [0.29, 0.717) is 31.9 Å². The van der Waals surface area contributed by atoms with Gasteiger partial charge in [-0.15, -0.1) is 0 Å². The number of anilines is 2. The zero-order chi connectivity index (χ0) is 33.0. The molecule has 1 saturated heterocycles. The Morgan fingerprint density at radius 3 is 2.36 bits per heavy atom. The summed E-state index contributed by atoms with van der Waals surface area (Å²) in [6.45, 7) is 6.28. The molecule has 2 aliphatic rings. The van der Waals surface area contributed by atoms with Crippen LogP contribution in [-0.2, 0) is 25.4 Å². The summed E-state index contributed by atoms with van der Waals surface area (Å²) in [6, 6.07) is 17.8. The number of nitrogens with two attached hydrogens (primary N) is 1. The van der Waals surface area contributed by atoms with Crippen molar-refractivity contribution in [1.82, 2.24) is 19.9 Å². The standard InChI is InChI=1S/C36H44N6O5/c1-36(2,3)47-35(44)41-27-20-45-34(46-21-27)25-12-16-28(17-13-25)42-19-29(31-32(37)38-22-39-33(31)42)24-10-14-26(15-11-24)40-30(43)18-9-23-7-5-4-6-8-23/h4-8,10-11,14-15,19,22,25,27-28,34H,9,12-13,16-18,20-21H2,1-3H3,(H,40,43)(H,41,44)(H2,37,38,39)/t25-,27?,28-,34?. The van der Waals surface area contributed by atoms with Crippen LogP contribution in [0, 0.1) is 5.92 Å². The molecular formula is C36H44N6O5. The Morgan fingerprint density at radius 2 is 1.68 bits per heavy atom. The topological polar surface area (TPSA) is 143 Å². The maximum atomic E-state index is 12.6. The van der Waals surface area contributed by atoms with Crippen LogP contribution in [0.2, 0.25) is 0 Å². The molecule has 248 valence electrons. The van der Waals surface area contributed by atoms with Crippen molar-refractivity contribution in [3.05, 3.63) is 72.7 Å². The first-order chi connectivity index (χ1) is 22.6. The van der Waals surface area contributed by atoms with Crippen molar-refractivity contribution in [1.29, 1.82) is 0 Å². The number of rotatable bonds is 8. The molecular weight excluding hydrogens is 596 g/mol. The van der Waals surface area contributed by atoms with E-state index in [0.717, 1.165) is 59.1 Å². The van der Waals surface area contributed by atoms with E-state index < -0.39 is 11.7 Å². The number of carbonyl (C=O) groups excluding carboxylic acids is 2. The van der Waals surface area contributed by atoms with E-state index in [1.807, 2.05) is 75.4 Å². The first-order valence-corrected chi connectivity index (χ1v) is 16.4. The van der Waals surface area contributed by atoms with Gasteiger partial charge in [0, 0.05) is 35.8 Å². The second-order valence-electron chi connectivity index (χ2n) is 13.5. The predicted molar refractivity (Wildman–Crippen MR) is 181 cm³/mol. The Balaban J connectivity index is 1.07. The zero-order valence-electron chi connectivity index (χ0n) is 27.3. The fraction of sp³-hybridized carbons (Fsp3) is 0.444. The van der Waals surface area contributed by atoms with Crippen LogP contribution in [0.5, 0.6) is 0 Å². The predicted octanol–water partition coefficient (Wildman–Crippen LogP) is 6.25. The smallest absolute Gasteiger partial charge is 0.408 e. The highest BCUT2D eigenvalue weighted by Gasteiger charge is 2.34. The lowest BCUT2D eigenvalue weighted by atomic mass is 9.85. The molecule has 0 unspecified atom stereocenters. The van der Waals surface area contributed by atoms with Gasteiger partial charge in [0.05, 0.1) is 24.6 Å². The molecule has 47 heavy (non-hydrogen) atoms. The van der Waals surface area contributed by atoms with Gasteiger partial charge in [-0.05, 0) is 76.1 Å². The summed E-state index contributed by atoms with van der Waals surface area (Å²) in [5.41, 5.74) is 10.5. The molecule has 1 aliphatic carbocycles. The van der Waals surface area contributed by atoms with Crippen LogP contribution < -0.4 is 16.4 Å². The molecule has 2 aromatic carbocycles. The highest BCUT2D eigenvalue weighted by Crippen LogP contribution is 2.41. The van der Waals surface area contributed by atoms with Crippen molar-refractivity contribution in [3.63, 3.8) is 0 Å². The molecule has 11 heteroatoms. The summed E-state index contributed by atoms with van der Waals surface area (Å²) in [6.07, 6.45) is 7.76. The number of nitrogens with zero attached hydrogens (tertiary/aromatic N) is 3. The monoisotopic (exact) mass is 640 g/mol. The van der Waals surface area contributed by atoms with E-state index in [1.54, 1.807) is 0 Å². The lowest BCUT2D eigenvalue weighted by Crippen LogP contribution is -2.50. The Hall–Kier alpha value is -4.48. The van der Waals surface area contributed by atoms with Gasteiger partial charge >= 0.3 is 6.09 Å². The van der Waals surface area contributed by atoms with Crippen molar-refractivity contribution in [2.24, 2.45) is 5.92 Å². The fourth-order valence-electron chi connectivity index (χ4n) is 6.46. The third-order valence-electron chi connectivity index (χ3n) is 8.77. The quantitative estimate of drug-likeness (QED) is 0.205. The molecule has 11 nitrogen and oxygen atoms in total. The third-order valence-corrected chi connectivity index (χ3v) is 8.77. The van der Waals surface area contributed by atoms with E-state index in [2.05, 4.69) is 31.4 Å². The van der Waals surface area contributed by atoms with Gasteiger partial charge in [-0.3, -0.25) is 4.79 Å². The minimum absolute atomic E-state index is 0.0206. The number of hydrogen-bond acceptors (Lipinski definition) is 8. The second-order valence-corrected chi connectivity index (χ2v) is 13.5. The molecule has 6 rings (SSSR count). The van der Waals surface area contributed by atoms with Gasteiger partial charge in [0.1, 0.15) is 23.4 Å². The van der Waals surface area contributed by atoms with E-state index in [4.69, 9.17) is 19.9 Å². The molecule has 2 aromatic heterocycles. The normalized spacial score (nSPS) is 21.7. The largest absolute Gasteiger partial charge is 0.444 e. The van der Waals surface area contributed by atoms with Crippen LogP contribution in [0.3, 0.4) is 0 Å². The van der Waals surface area contributed by atoms with Crippen LogP contribution in [-0.4, -0.2) is 57.7 Å². The van der Waals surface area contributed by atoms with Crippen LogP contribution in [0.15, 0.2) is 67.1 Å². The Bertz CT molecular complexity index is 1670. The molecule has 0 atom stereocenters. The molecule has 4 aromatic rings. The van der Waals surface area contributed by atoms with Crippen LogP contribution in [0.25, 0.3) is 22.2 Å². The van der Waals surface area contributed by atoms with Gasteiger partial charge in [-0.1, -0.05) is 42.5 Å². The average Bonchev–Trinajstić information content (AvgIpc) is 3.45. The lowest BCUT2D eigenvalue weighted by Gasteiger charge is -2.38. The molecule has 3 heterocycles. The van der Waals surface area contributed by atoms with Crippen LogP contribution >= 0.6 is 0 Å². The Morgan fingerprint density at radius 1 is 0.979 bits per heavy atom. The highest BCUT2D eigenvalue weighted by atomic mass is 16.7. The van der Waals surface area contributed by atoms with Crippen LogP contribution in [0.4, 0.5) is 16.3 Å². The SMILES string of the molecule is CC(C)(C)OC(=O)NC1COC([C@H]2CC[C@H](n3cc(-c4ccc(NC(=O)CCc5ccccc5)cc4)c4c(N)ncnc43)CC2)OC1. The summed E-state index contributed by atoms with van der Waals surface area (Å²) in [7, 11) is 0. The number of nitrogens with one attached hydrogen (secondary N) is 2. The molecule has 0 spiro atoms. The van der Waals surface area contributed by atoms with Crippen molar-refractivity contribution < 1.29 is 23.8 Å². The van der Waals surface area contributed by atoms with Gasteiger partial charge < -0.3 is 35.1 Å². The number of aromatic nitrogens is 3. The van der Waals surface area contributed by atoms with Gasteiger partial charge in [-0.2, -0.15) is 0 Å². The minimum Gasteiger partial charge on any atom is -0.444 e. The molecule has 0 bridgehead atoms. The maximum Gasteiger partial charge on any atom is 0.408 e. The summed E-state index contributed by atoms with van der Waals surface area (Å²) in [4.78, 5) is 33.6. The fourth-order valence-corrected chi connectivity index (χ4v) is 6.46. The lowest BCUT2D eigenvalue weighted by molar-refractivity contribution is -0.219. The second kappa shape index (κ2) is 14.1. The van der Waals surface area contributed by atoms with E-state index in [-0.39, 0.29) is 30.2 Å². The molecule has 0 radical (unpaired) electrons. The van der Waals surface area contributed by atoms with E-state index in [1.165, 1.54) is 6.33 Å². The van der Waals surface area contributed by atoms with Crippen molar-refractivity contribution in [2.45, 2.75) is 83.3 Å². The number of fused-ring (bicyclic) bond motifs is 1. The van der Waals surface area contributed by atoms with Crippen LogP contribution in [0.1, 0.15) is 64.5 Å². The van der Waals surface area contributed by atoms with Crippen molar-refractivity contribution >= 4 is 34.5 Å². The molecule has 1 saturated carbocycles. The maximum absolute atomic E-state index is 12.6. The number of alkyl carbamates (subject to hydrolysis) is 1. The first kappa shape index (κ1) is 32.5. The summed E-state index contributed by atoms with van der Waals surface area (Å²) in [5.74, 6) is 0.687. The zero-order valence-corrected chi connectivity index (χ0v) is 27.3. The number of hydrogen-bond donors (Lipinski definition) is 3. The summed E-state index contributed by atoms with van der Waals surface area (Å²) >= 11 is 0. The Labute approximate surface area is 275 Å². The summed E-state index contributed by atoms with van der Waals surface area (Å²) < 4.78 is 19.7. The molecule has 2 fully saturated rings. The summed E-state index contributed by atoms with van der Waals surface area (Å²) in [5, 5.41) is 6.67. The van der Waals surface area contributed by atoms with Gasteiger partial charge in [0.15, 0.2) is 6.29 Å². The first-order valence-electron chi connectivity index (χ1n) is 16.4. The van der Waals surface area contributed by atoms with Gasteiger partial charge in [-0.25, -0.2) is 14.8 Å².